The lowest BCUT2D eigenvalue weighted by Gasteiger charge is -2.07. The molecule has 66 valence electrons. The zero-order valence-corrected chi connectivity index (χ0v) is 6.37. The van der Waals surface area contributed by atoms with E-state index in [1.807, 2.05) is 0 Å². The van der Waals surface area contributed by atoms with Crippen molar-refractivity contribution >= 4 is 0 Å². The van der Waals surface area contributed by atoms with E-state index in [4.69, 9.17) is 15.9 Å². The van der Waals surface area contributed by atoms with Gasteiger partial charge < -0.3 is 15.9 Å². The van der Waals surface area contributed by atoms with Gasteiger partial charge in [0.05, 0.1) is 6.04 Å². The maximum absolute atomic E-state index is 12.0. The minimum atomic E-state index is -0.789. The minimum Gasteiger partial charge on any atom is -0.508 e. The van der Waals surface area contributed by atoms with Crippen LogP contribution in [0.15, 0.2) is 18.2 Å². The molecule has 12 heavy (non-hydrogen) atoms. The Hall–Kier alpha value is -1.29. The molecule has 1 atom stereocenters. The predicted molar refractivity (Wildman–Crippen MR) is 42.7 cm³/mol. The van der Waals surface area contributed by atoms with E-state index < -0.39 is 12.7 Å². The first-order valence-corrected chi connectivity index (χ1v) is 3.48. The Balaban J connectivity index is 3.00. The van der Waals surface area contributed by atoms with Crippen molar-refractivity contribution in [2.45, 2.75) is 6.04 Å². The average Bonchev–Trinajstić information content (AvgIpc) is 2.01. The van der Waals surface area contributed by atoms with Gasteiger partial charge >= 0.3 is 0 Å². The Kier molecular flexibility index (Phi) is 2.50. The van der Waals surface area contributed by atoms with Crippen LogP contribution in [0, 0.1) is 0 Å². The number of aromatic hydroxyl groups is 2. The zero-order chi connectivity index (χ0) is 9.14. The second-order valence-corrected chi connectivity index (χ2v) is 2.54. The summed E-state index contributed by atoms with van der Waals surface area (Å²) in [6.45, 7) is -0.719. The molecule has 0 aliphatic carbocycles. The molecular weight excluding hydrogens is 161 g/mol. The fourth-order valence-corrected chi connectivity index (χ4v) is 0.921. The molecule has 1 aromatic carbocycles. The Morgan fingerprint density at radius 3 is 2.17 bits per heavy atom. The molecule has 1 aromatic rings. The highest BCUT2D eigenvalue weighted by atomic mass is 19.1. The van der Waals surface area contributed by atoms with Crippen molar-refractivity contribution in [1.82, 2.24) is 0 Å². The van der Waals surface area contributed by atoms with E-state index in [0.717, 1.165) is 6.07 Å². The third kappa shape index (κ3) is 1.85. The fraction of sp³-hybridized carbons (Fsp3) is 0.250. The summed E-state index contributed by atoms with van der Waals surface area (Å²) >= 11 is 0. The van der Waals surface area contributed by atoms with Crippen molar-refractivity contribution in [1.29, 1.82) is 0 Å². The number of halogens is 1. The number of phenolic OH excluding ortho intramolecular Hbond substituents is 2. The molecule has 1 rings (SSSR count). The summed E-state index contributed by atoms with van der Waals surface area (Å²) in [6, 6.07) is 3.02. The molecule has 0 heterocycles. The van der Waals surface area contributed by atoms with Gasteiger partial charge in [-0.1, -0.05) is 0 Å². The molecule has 4 heteroatoms. The maximum Gasteiger partial charge on any atom is 0.119 e. The molecule has 4 N–H and O–H groups in total. The predicted octanol–water partition coefficient (Wildman–Crippen LogP) is 1.07. The Labute approximate surface area is 69.3 Å². The molecule has 0 spiro atoms. The summed E-state index contributed by atoms with van der Waals surface area (Å²) < 4.78 is 12.0. The van der Waals surface area contributed by atoms with Crippen LogP contribution in [0.25, 0.3) is 0 Å². The molecule has 0 aliphatic heterocycles. The summed E-state index contributed by atoms with van der Waals surface area (Å²) in [5.74, 6) is -0.234. The number of hydrogen-bond acceptors (Lipinski definition) is 3. The minimum absolute atomic E-state index is 0.117. The quantitative estimate of drug-likeness (QED) is 0.623. The number of rotatable bonds is 2. The normalized spacial score (nSPS) is 12.8. The molecule has 0 saturated heterocycles. The van der Waals surface area contributed by atoms with Crippen molar-refractivity contribution in [3.8, 4) is 11.5 Å². The standard InChI is InChI=1S/C8H10FNO2/c9-4-8(10)5-1-6(11)3-7(12)2-5/h1-3,8,11-12H,4,10H2/t8-/m0/s1. The number of nitrogens with two attached hydrogens (primary N) is 1. The first kappa shape index (κ1) is 8.80. The molecule has 0 bridgehead atoms. The van der Waals surface area contributed by atoms with Crippen molar-refractivity contribution in [2.24, 2.45) is 5.73 Å². The number of phenols is 2. The topological polar surface area (TPSA) is 66.5 Å². The SMILES string of the molecule is N[C@@H](CF)c1cc(O)cc(O)c1. The van der Waals surface area contributed by atoms with E-state index in [-0.39, 0.29) is 11.5 Å². The summed E-state index contributed by atoms with van der Waals surface area (Å²) in [7, 11) is 0. The van der Waals surface area contributed by atoms with Crippen molar-refractivity contribution in [3.63, 3.8) is 0 Å². The van der Waals surface area contributed by atoms with Gasteiger partial charge in [-0.05, 0) is 17.7 Å². The van der Waals surface area contributed by atoms with Crippen LogP contribution in [0.1, 0.15) is 11.6 Å². The highest BCUT2D eigenvalue weighted by molar-refractivity contribution is 5.37. The van der Waals surface area contributed by atoms with Crippen LogP contribution in [-0.4, -0.2) is 16.9 Å². The maximum atomic E-state index is 12.0. The fourth-order valence-electron chi connectivity index (χ4n) is 0.921. The van der Waals surface area contributed by atoms with E-state index in [0.29, 0.717) is 5.56 Å². The van der Waals surface area contributed by atoms with Crippen LogP contribution >= 0.6 is 0 Å². The largest absolute Gasteiger partial charge is 0.508 e. The lowest BCUT2D eigenvalue weighted by molar-refractivity contribution is 0.426. The van der Waals surface area contributed by atoms with Gasteiger partial charge in [0.25, 0.3) is 0 Å². The number of benzene rings is 1. The Morgan fingerprint density at radius 2 is 1.75 bits per heavy atom. The third-order valence-electron chi connectivity index (χ3n) is 1.52. The van der Waals surface area contributed by atoms with Gasteiger partial charge in [0.1, 0.15) is 18.2 Å². The highest BCUT2D eigenvalue weighted by Gasteiger charge is 2.07. The first-order chi connectivity index (χ1) is 5.63. The van der Waals surface area contributed by atoms with Crippen LogP contribution in [0.4, 0.5) is 4.39 Å². The first-order valence-electron chi connectivity index (χ1n) is 3.48. The Morgan fingerprint density at radius 1 is 1.25 bits per heavy atom. The molecular formula is C8H10FNO2. The smallest absolute Gasteiger partial charge is 0.119 e. The molecule has 0 radical (unpaired) electrons. The lowest BCUT2D eigenvalue weighted by atomic mass is 10.1. The van der Waals surface area contributed by atoms with Gasteiger partial charge in [0, 0.05) is 6.07 Å². The molecule has 0 aromatic heterocycles. The Bertz CT molecular complexity index is 258. The molecule has 0 amide bonds. The summed E-state index contributed by atoms with van der Waals surface area (Å²) in [5.41, 5.74) is 5.72. The summed E-state index contributed by atoms with van der Waals surface area (Å²) in [6.07, 6.45) is 0. The average molecular weight is 171 g/mol. The number of hydrogen-bond donors (Lipinski definition) is 3. The number of alkyl halides is 1. The molecule has 0 saturated carbocycles. The summed E-state index contributed by atoms with van der Waals surface area (Å²) in [4.78, 5) is 0. The van der Waals surface area contributed by atoms with E-state index >= 15 is 0 Å². The zero-order valence-electron chi connectivity index (χ0n) is 6.37. The second kappa shape index (κ2) is 3.40. The third-order valence-corrected chi connectivity index (χ3v) is 1.52. The van der Waals surface area contributed by atoms with Gasteiger partial charge in [0.15, 0.2) is 0 Å². The van der Waals surface area contributed by atoms with Gasteiger partial charge in [-0.15, -0.1) is 0 Å². The highest BCUT2D eigenvalue weighted by Crippen LogP contribution is 2.23. The van der Waals surface area contributed by atoms with E-state index in [9.17, 15) is 4.39 Å². The van der Waals surface area contributed by atoms with Crippen LogP contribution < -0.4 is 5.73 Å². The van der Waals surface area contributed by atoms with Gasteiger partial charge in [-0.3, -0.25) is 0 Å². The van der Waals surface area contributed by atoms with E-state index in [1.165, 1.54) is 12.1 Å². The monoisotopic (exact) mass is 171 g/mol. The van der Waals surface area contributed by atoms with Crippen LogP contribution in [0.2, 0.25) is 0 Å². The van der Waals surface area contributed by atoms with Crippen molar-refractivity contribution < 1.29 is 14.6 Å². The molecule has 0 unspecified atom stereocenters. The van der Waals surface area contributed by atoms with E-state index in [2.05, 4.69) is 0 Å². The summed E-state index contributed by atoms with van der Waals surface area (Å²) in [5, 5.41) is 18.0. The van der Waals surface area contributed by atoms with Crippen molar-refractivity contribution in [2.75, 3.05) is 6.67 Å². The van der Waals surface area contributed by atoms with Crippen LogP contribution in [0.5, 0.6) is 11.5 Å². The van der Waals surface area contributed by atoms with Gasteiger partial charge in [0.2, 0.25) is 0 Å². The lowest BCUT2D eigenvalue weighted by Crippen LogP contribution is -2.11. The molecule has 3 nitrogen and oxygen atoms in total. The molecule has 0 aliphatic rings. The van der Waals surface area contributed by atoms with Gasteiger partial charge in [-0.25, -0.2) is 4.39 Å². The second-order valence-electron chi connectivity index (χ2n) is 2.54. The van der Waals surface area contributed by atoms with Crippen LogP contribution in [0.3, 0.4) is 0 Å². The molecule has 0 fully saturated rings. The van der Waals surface area contributed by atoms with E-state index in [1.54, 1.807) is 0 Å². The van der Waals surface area contributed by atoms with Crippen LogP contribution in [-0.2, 0) is 0 Å². The van der Waals surface area contributed by atoms with Gasteiger partial charge in [-0.2, -0.15) is 0 Å². The van der Waals surface area contributed by atoms with Crippen molar-refractivity contribution in [3.05, 3.63) is 23.8 Å².